The van der Waals surface area contributed by atoms with Gasteiger partial charge in [-0.05, 0) is 68.8 Å². The fourth-order valence-electron chi connectivity index (χ4n) is 4.41. The molecular formula is C27H23Cl3N2O4. The minimum absolute atomic E-state index is 0.181. The smallest absolute Gasteiger partial charge is 0.340 e. The highest BCUT2D eigenvalue weighted by atomic mass is 35.5. The molecule has 9 heteroatoms. The van der Waals surface area contributed by atoms with Gasteiger partial charge in [-0.2, -0.15) is 0 Å². The van der Waals surface area contributed by atoms with E-state index in [0.29, 0.717) is 32.2 Å². The van der Waals surface area contributed by atoms with Crippen molar-refractivity contribution in [3.05, 3.63) is 91.3 Å². The van der Waals surface area contributed by atoms with Crippen molar-refractivity contribution in [2.45, 2.75) is 20.8 Å². The van der Waals surface area contributed by atoms with Gasteiger partial charge in [0.05, 0.1) is 51.8 Å². The number of carbonyl (C=O) groups excluding carboxylic acids is 2. The minimum atomic E-state index is -0.610. The number of aryl methyl sites for hydroxylation is 1. The number of rotatable bonds is 5. The summed E-state index contributed by atoms with van der Waals surface area (Å²) in [6.45, 7) is 5.53. The van der Waals surface area contributed by atoms with Crippen LogP contribution in [0.3, 0.4) is 0 Å². The second-order valence-corrected chi connectivity index (χ2v) is 9.40. The van der Waals surface area contributed by atoms with Gasteiger partial charge in [0, 0.05) is 17.1 Å². The molecular weight excluding hydrogens is 523 g/mol. The Hall–Kier alpha value is -3.19. The highest BCUT2D eigenvalue weighted by Gasteiger charge is 2.38. The quantitative estimate of drug-likeness (QED) is 0.257. The molecule has 0 fully saturated rings. The summed E-state index contributed by atoms with van der Waals surface area (Å²) in [5.41, 5.74) is 4.50. The zero-order chi connectivity index (χ0) is 26.3. The van der Waals surface area contributed by atoms with Gasteiger partial charge in [-0.3, -0.25) is 9.69 Å². The van der Waals surface area contributed by atoms with Crippen LogP contribution in [0.2, 0.25) is 15.1 Å². The predicted molar refractivity (Wildman–Crippen MR) is 143 cm³/mol. The third-order valence-electron chi connectivity index (χ3n) is 6.13. The number of halogens is 3. The van der Waals surface area contributed by atoms with Gasteiger partial charge < -0.3 is 14.0 Å². The van der Waals surface area contributed by atoms with Gasteiger partial charge in [-0.25, -0.2) is 4.79 Å². The van der Waals surface area contributed by atoms with Crippen LogP contribution in [-0.2, 0) is 14.3 Å². The topological polar surface area (TPSA) is 60.8 Å². The van der Waals surface area contributed by atoms with Crippen molar-refractivity contribution in [1.82, 2.24) is 4.57 Å². The largest absolute Gasteiger partial charge is 0.495 e. The van der Waals surface area contributed by atoms with E-state index in [9.17, 15) is 9.59 Å². The van der Waals surface area contributed by atoms with Crippen molar-refractivity contribution in [2.75, 3.05) is 19.1 Å². The van der Waals surface area contributed by atoms with Crippen LogP contribution < -0.4 is 9.64 Å². The Morgan fingerprint density at radius 1 is 0.972 bits per heavy atom. The number of esters is 1. The summed E-state index contributed by atoms with van der Waals surface area (Å²) in [6.07, 6.45) is 1.69. The molecule has 2 aromatic carbocycles. The highest BCUT2D eigenvalue weighted by Crippen LogP contribution is 2.39. The number of aromatic nitrogens is 1. The van der Waals surface area contributed by atoms with E-state index in [1.165, 1.54) is 19.1 Å². The van der Waals surface area contributed by atoms with Crippen molar-refractivity contribution < 1.29 is 19.1 Å². The molecule has 0 saturated heterocycles. The number of hydrogen-bond acceptors (Lipinski definition) is 4. The summed E-state index contributed by atoms with van der Waals surface area (Å²) in [7, 11) is 2.79. The van der Waals surface area contributed by atoms with Crippen molar-refractivity contribution in [1.29, 1.82) is 0 Å². The summed E-state index contributed by atoms with van der Waals surface area (Å²) in [6, 6.07) is 12.3. The van der Waals surface area contributed by atoms with Crippen molar-refractivity contribution in [3.8, 4) is 11.4 Å². The van der Waals surface area contributed by atoms with Crippen LogP contribution in [0.1, 0.15) is 23.9 Å². The Morgan fingerprint density at radius 3 is 2.33 bits per heavy atom. The fourth-order valence-corrected chi connectivity index (χ4v) is 5.04. The lowest BCUT2D eigenvalue weighted by atomic mass is 10.0. The Labute approximate surface area is 224 Å². The third-order valence-corrected chi connectivity index (χ3v) is 7.23. The average Bonchev–Trinajstić information content (AvgIpc) is 3.26. The van der Waals surface area contributed by atoms with Gasteiger partial charge in [0.2, 0.25) is 0 Å². The van der Waals surface area contributed by atoms with E-state index in [1.807, 2.05) is 36.6 Å². The first kappa shape index (κ1) is 25.9. The first-order chi connectivity index (χ1) is 17.1. The van der Waals surface area contributed by atoms with E-state index in [4.69, 9.17) is 44.3 Å². The number of allylic oxidation sites excluding steroid dienone is 1. The van der Waals surface area contributed by atoms with E-state index in [0.717, 1.165) is 22.6 Å². The van der Waals surface area contributed by atoms with E-state index < -0.39 is 5.97 Å². The molecule has 0 atom stereocenters. The van der Waals surface area contributed by atoms with E-state index >= 15 is 0 Å². The SMILES string of the molecule is COC(=O)C1=C(C)N(c2ccc(OC)c(Cl)c2)C(=O)/C1=C\c1cc(C)n(-c2cccc(Cl)c2Cl)c1C. The summed E-state index contributed by atoms with van der Waals surface area (Å²) >= 11 is 19.0. The van der Waals surface area contributed by atoms with Crippen LogP contribution in [0.4, 0.5) is 5.69 Å². The highest BCUT2D eigenvalue weighted by molar-refractivity contribution is 6.43. The molecule has 0 N–H and O–H groups in total. The molecule has 6 nitrogen and oxygen atoms in total. The van der Waals surface area contributed by atoms with Crippen LogP contribution in [0.25, 0.3) is 11.8 Å². The molecule has 1 amide bonds. The lowest BCUT2D eigenvalue weighted by Gasteiger charge is -2.19. The second-order valence-electron chi connectivity index (χ2n) is 8.20. The van der Waals surface area contributed by atoms with Gasteiger partial charge in [0.15, 0.2) is 0 Å². The van der Waals surface area contributed by atoms with Crippen molar-refractivity contribution >= 4 is 58.4 Å². The lowest BCUT2D eigenvalue weighted by Crippen LogP contribution is -2.24. The maximum atomic E-state index is 13.7. The first-order valence-electron chi connectivity index (χ1n) is 10.9. The Morgan fingerprint density at radius 2 is 1.69 bits per heavy atom. The number of methoxy groups -OCH3 is 2. The molecule has 186 valence electrons. The number of ether oxygens (including phenoxy) is 2. The van der Waals surface area contributed by atoms with Gasteiger partial charge in [0.1, 0.15) is 5.75 Å². The fraction of sp³-hybridized carbons (Fsp3) is 0.185. The molecule has 0 spiro atoms. The molecule has 1 aliphatic rings. The molecule has 0 aliphatic carbocycles. The molecule has 4 rings (SSSR count). The second kappa shape index (κ2) is 10.1. The van der Waals surface area contributed by atoms with E-state index in [2.05, 4.69) is 0 Å². The van der Waals surface area contributed by atoms with Crippen LogP contribution in [0, 0.1) is 13.8 Å². The van der Waals surface area contributed by atoms with Crippen molar-refractivity contribution in [2.24, 2.45) is 0 Å². The molecule has 3 aromatic rings. The first-order valence-corrected chi connectivity index (χ1v) is 12.1. The average molecular weight is 546 g/mol. The predicted octanol–water partition coefficient (Wildman–Crippen LogP) is 6.94. The van der Waals surface area contributed by atoms with Crippen LogP contribution in [0.15, 0.2) is 59.3 Å². The number of benzene rings is 2. The number of anilines is 1. The lowest BCUT2D eigenvalue weighted by molar-refractivity contribution is -0.136. The van der Waals surface area contributed by atoms with E-state index in [1.54, 1.807) is 37.3 Å². The zero-order valence-electron chi connectivity index (χ0n) is 20.3. The van der Waals surface area contributed by atoms with Gasteiger partial charge >= 0.3 is 5.97 Å². The Balaban J connectivity index is 1.86. The Kier molecular flexibility index (Phi) is 7.23. The van der Waals surface area contributed by atoms with Crippen LogP contribution in [-0.4, -0.2) is 30.7 Å². The van der Waals surface area contributed by atoms with E-state index in [-0.39, 0.29) is 17.1 Å². The molecule has 0 unspecified atom stereocenters. The van der Waals surface area contributed by atoms with Crippen LogP contribution >= 0.6 is 34.8 Å². The molecule has 1 aliphatic heterocycles. The molecule has 0 radical (unpaired) electrons. The van der Waals surface area contributed by atoms with Gasteiger partial charge in [0.25, 0.3) is 5.91 Å². The number of carbonyl (C=O) groups is 2. The molecule has 1 aromatic heterocycles. The van der Waals surface area contributed by atoms with Crippen LogP contribution in [0.5, 0.6) is 5.75 Å². The summed E-state index contributed by atoms with van der Waals surface area (Å²) in [4.78, 5) is 27.9. The molecule has 36 heavy (non-hydrogen) atoms. The maximum absolute atomic E-state index is 13.7. The monoisotopic (exact) mass is 544 g/mol. The van der Waals surface area contributed by atoms with Gasteiger partial charge in [-0.1, -0.05) is 40.9 Å². The minimum Gasteiger partial charge on any atom is -0.495 e. The number of hydrogen-bond donors (Lipinski definition) is 0. The standard InChI is InChI=1S/C27H23Cl3N2O4/c1-14-11-17(15(2)31(14)22-8-6-7-20(28)25(22)30)12-19-24(27(34)36-5)16(3)32(26(19)33)18-9-10-23(35-4)21(29)13-18/h6-13H,1-5H3/b19-12-. The zero-order valence-corrected chi connectivity index (χ0v) is 22.5. The summed E-state index contributed by atoms with van der Waals surface area (Å²) in [5.74, 6) is -0.509. The van der Waals surface area contributed by atoms with Crippen molar-refractivity contribution in [3.63, 3.8) is 0 Å². The maximum Gasteiger partial charge on any atom is 0.340 e. The molecule has 0 saturated carbocycles. The van der Waals surface area contributed by atoms with Gasteiger partial charge in [-0.15, -0.1) is 0 Å². The normalized spacial score (nSPS) is 14.7. The summed E-state index contributed by atoms with van der Waals surface area (Å²) in [5, 5.41) is 1.20. The third kappa shape index (κ3) is 4.30. The number of nitrogens with zero attached hydrogens (tertiary/aromatic N) is 2. The number of amides is 1. The molecule has 0 bridgehead atoms. The summed E-state index contributed by atoms with van der Waals surface area (Å²) < 4.78 is 12.2. The Bertz CT molecular complexity index is 1470. The molecule has 2 heterocycles.